The quantitative estimate of drug-likeness (QED) is 0.802. The van der Waals surface area contributed by atoms with E-state index in [1.165, 1.54) is 40.9 Å². The average Bonchev–Trinajstić information content (AvgIpc) is 3.35. The number of fused-ring (bicyclic) bond motifs is 1. The Labute approximate surface area is 152 Å². The van der Waals surface area contributed by atoms with Crippen molar-refractivity contribution in [3.63, 3.8) is 0 Å². The highest BCUT2D eigenvalue weighted by Crippen LogP contribution is 2.45. The number of halogens is 1. The Balaban J connectivity index is 1.78. The van der Waals surface area contributed by atoms with Crippen molar-refractivity contribution in [3.05, 3.63) is 47.5 Å². The van der Waals surface area contributed by atoms with E-state index in [1.807, 2.05) is 6.07 Å². The van der Waals surface area contributed by atoms with Crippen LogP contribution in [-0.4, -0.2) is 26.5 Å². The smallest absolute Gasteiger partial charge is 0.313 e. The Morgan fingerprint density at radius 1 is 1.12 bits per heavy atom. The maximum absolute atomic E-state index is 10.9. The molecule has 1 N–H and O–H groups in total. The molecule has 0 saturated heterocycles. The van der Waals surface area contributed by atoms with Crippen molar-refractivity contribution in [2.24, 2.45) is 10.2 Å². The van der Waals surface area contributed by atoms with Crippen LogP contribution in [0.25, 0.3) is 10.8 Å². The van der Waals surface area contributed by atoms with Crippen LogP contribution in [-0.2, 0) is 4.79 Å². The SMILES string of the molecule is O=C(O)CSC1=NN=C(Br)C1c1ccc(C2CC2)c2ccccc12. The number of nitrogens with zero attached hydrogens (tertiary/aromatic N) is 2. The second-order valence-corrected chi connectivity index (χ2v) is 7.85. The number of benzene rings is 2. The highest BCUT2D eigenvalue weighted by molar-refractivity contribution is 9.18. The lowest BCUT2D eigenvalue weighted by Gasteiger charge is -2.17. The van der Waals surface area contributed by atoms with E-state index in [-0.39, 0.29) is 11.7 Å². The third kappa shape index (κ3) is 2.89. The van der Waals surface area contributed by atoms with E-state index in [4.69, 9.17) is 5.11 Å². The summed E-state index contributed by atoms with van der Waals surface area (Å²) in [5, 5.41) is 20.5. The van der Waals surface area contributed by atoms with Crippen molar-refractivity contribution in [2.45, 2.75) is 24.7 Å². The van der Waals surface area contributed by atoms with Crippen LogP contribution in [0.1, 0.15) is 35.8 Å². The molecule has 122 valence electrons. The van der Waals surface area contributed by atoms with Gasteiger partial charge in [0.15, 0.2) is 0 Å². The molecule has 1 unspecified atom stereocenters. The van der Waals surface area contributed by atoms with Gasteiger partial charge in [0.25, 0.3) is 0 Å². The second kappa shape index (κ2) is 6.33. The topological polar surface area (TPSA) is 62.0 Å². The van der Waals surface area contributed by atoms with Gasteiger partial charge in [0.2, 0.25) is 0 Å². The number of rotatable bonds is 4. The first kappa shape index (κ1) is 15.8. The van der Waals surface area contributed by atoms with Crippen LogP contribution in [0.4, 0.5) is 0 Å². The lowest BCUT2D eigenvalue weighted by atomic mass is 9.91. The zero-order chi connectivity index (χ0) is 16.7. The minimum absolute atomic E-state index is 0.0107. The number of carboxylic acids is 1. The molecule has 1 aliphatic carbocycles. The summed E-state index contributed by atoms with van der Waals surface area (Å²) in [5.74, 6) is -0.298. The molecule has 1 aliphatic heterocycles. The van der Waals surface area contributed by atoms with Crippen LogP contribution in [0, 0.1) is 0 Å². The lowest BCUT2D eigenvalue weighted by Crippen LogP contribution is -2.14. The molecule has 0 spiro atoms. The molecule has 0 amide bonds. The number of carbonyl (C=O) groups is 1. The largest absolute Gasteiger partial charge is 0.481 e. The van der Waals surface area contributed by atoms with Crippen LogP contribution >= 0.6 is 27.7 Å². The van der Waals surface area contributed by atoms with Gasteiger partial charge in [0, 0.05) is 0 Å². The molecule has 1 heterocycles. The molecule has 0 bridgehead atoms. The molecule has 0 aromatic heterocycles. The Morgan fingerprint density at radius 3 is 2.46 bits per heavy atom. The molecule has 24 heavy (non-hydrogen) atoms. The first-order valence-corrected chi connectivity index (χ1v) is 9.60. The first-order valence-electron chi connectivity index (χ1n) is 7.82. The Kier molecular flexibility index (Phi) is 4.18. The summed E-state index contributed by atoms with van der Waals surface area (Å²) in [7, 11) is 0. The van der Waals surface area contributed by atoms with Crippen molar-refractivity contribution in [1.29, 1.82) is 0 Å². The zero-order valence-electron chi connectivity index (χ0n) is 12.8. The second-order valence-electron chi connectivity index (χ2n) is 6.04. The zero-order valence-corrected chi connectivity index (χ0v) is 15.2. The molecule has 2 aliphatic rings. The van der Waals surface area contributed by atoms with Gasteiger partial charge < -0.3 is 5.11 Å². The molecule has 2 aromatic rings. The van der Waals surface area contributed by atoms with Crippen molar-refractivity contribution in [2.75, 3.05) is 5.75 Å². The number of thioether (sulfide) groups is 1. The van der Waals surface area contributed by atoms with E-state index < -0.39 is 5.97 Å². The molecular formula is C18H15BrN2O2S. The van der Waals surface area contributed by atoms with Crippen LogP contribution < -0.4 is 0 Å². The average molecular weight is 403 g/mol. The number of hydrogen-bond acceptors (Lipinski definition) is 4. The van der Waals surface area contributed by atoms with Crippen molar-refractivity contribution in [1.82, 2.24) is 0 Å². The molecule has 4 nitrogen and oxygen atoms in total. The summed E-state index contributed by atoms with van der Waals surface area (Å²) in [6, 6.07) is 12.8. The van der Waals surface area contributed by atoms with E-state index in [2.05, 4.69) is 56.5 Å². The fourth-order valence-electron chi connectivity index (χ4n) is 3.17. The van der Waals surface area contributed by atoms with E-state index in [0.717, 1.165) is 15.2 Å². The van der Waals surface area contributed by atoms with E-state index in [1.54, 1.807) is 0 Å². The van der Waals surface area contributed by atoms with E-state index in [9.17, 15) is 4.79 Å². The Hall–Kier alpha value is -1.66. The Morgan fingerprint density at radius 2 is 1.79 bits per heavy atom. The summed E-state index contributed by atoms with van der Waals surface area (Å²) in [4.78, 5) is 10.9. The third-order valence-corrected chi connectivity index (χ3v) is 6.01. The number of aliphatic carboxylic acids is 1. The molecule has 1 atom stereocenters. The van der Waals surface area contributed by atoms with Gasteiger partial charge >= 0.3 is 5.97 Å². The molecule has 6 heteroatoms. The van der Waals surface area contributed by atoms with Gasteiger partial charge in [0.1, 0.15) is 9.66 Å². The van der Waals surface area contributed by atoms with Crippen LogP contribution in [0.2, 0.25) is 0 Å². The van der Waals surface area contributed by atoms with Crippen molar-refractivity contribution >= 4 is 54.1 Å². The predicted octanol–water partition coefficient (Wildman–Crippen LogP) is 4.74. The lowest BCUT2D eigenvalue weighted by molar-refractivity contribution is -0.133. The minimum Gasteiger partial charge on any atom is -0.481 e. The number of hydrogen-bond donors (Lipinski definition) is 1. The van der Waals surface area contributed by atoms with Gasteiger partial charge in [-0.05, 0) is 56.6 Å². The molecule has 0 radical (unpaired) electrons. The fourth-order valence-corrected chi connectivity index (χ4v) is 4.64. The van der Waals surface area contributed by atoms with Crippen molar-refractivity contribution in [3.8, 4) is 0 Å². The molecule has 4 rings (SSSR count). The van der Waals surface area contributed by atoms with Gasteiger partial charge in [0.05, 0.1) is 11.7 Å². The van der Waals surface area contributed by atoms with Crippen molar-refractivity contribution < 1.29 is 9.90 Å². The van der Waals surface area contributed by atoms with Crippen LogP contribution in [0.3, 0.4) is 0 Å². The van der Waals surface area contributed by atoms with Crippen LogP contribution in [0.15, 0.2) is 46.6 Å². The van der Waals surface area contributed by atoms with E-state index in [0.29, 0.717) is 5.92 Å². The molecule has 2 aromatic carbocycles. The van der Waals surface area contributed by atoms with Gasteiger partial charge in [-0.15, -0.1) is 10.2 Å². The molecule has 1 fully saturated rings. The third-order valence-electron chi connectivity index (χ3n) is 4.39. The normalized spacial score (nSPS) is 20.1. The van der Waals surface area contributed by atoms with E-state index >= 15 is 0 Å². The highest BCUT2D eigenvalue weighted by atomic mass is 79.9. The molecular weight excluding hydrogens is 388 g/mol. The summed E-state index contributed by atoms with van der Waals surface area (Å²) in [5.41, 5.74) is 2.54. The summed E-state index contributed by atoms with van der Waals surface area (Å²) in [6.07, 6.45) is 2.53. The standard InChI is InChI=1S/C18H15BrN2O2S/c19-17-16(18(21-20-17)24-9-15(22)23)14-8-7-11(10-5-6-10)12-3-1-2-4-13(12)14/h1-4,7-8,10,16H,5-6,9H2,(H,22,23). The highest BCUT2D eigenvalue weighted by Gasteiger charge is 2.31. The van der Waals surface area contributed by atoms with Crippen LogP contribution in [0.5, 0.6) is 0 Å². The minimum atomic E-state index is -0.849. The van der Waals surface area contributed by atoms with Gasteiger partial charge in [-0.3, -0.25) is 4.79 Å². The molecule has 1 saturated carbocycles. The Bertz CT molecular complexity index is 890. The maximum Gasteiger partial charge on any atom is 0.313 e. The summed E-state index contributed by atoms with van der Waals surface area (Å²) >= 11 is 4.75. The summed E-state index contributed by atoms with van der Waals surface area (Å²) in [6.45, 7) is 0. The number of carboxylic acid groups (broad SMARTS) is 1. The fraction of sp³-hybridized carbons (Fsp3) is 0.278. The van der Waals surface area contributed by atoms with Gasteiger partial charge in [-0.25, -0.2) is 0 Å². The maximum atomic E-state index is 10.9. The predicted molar refractivity (Wildman–Crippen MR) is 103 cm³/mol. The monoisotopic (exact) mass is 402 g/mol. The van der Waals surface area contributed by atoms with Gasteiger partial charge in [-0.1, -0.05) is 48.2 Å². The first-order chi connectivity index (χ1) is 11.6. The van der Waals surface area contributed by atoms with Gasteiger partial charge in [-0.2, -0.15) is 0 Å². The summed E-state index contributed by atoms with van der Waals surface area (Å²) < 4.78 is 0.736.